The van der Waals surface area contributed by atoms with Crippen molar-refractivity contribution in [3.05, 3.63) is 28.8 Å². The molecule has 1 aromatic rings. The first kappa shape index (κ1) is 13.7. The van der Waals surface area contributed by atoms with Gasteiger partial charge < -0.3 is 10.2 Å². The molecule has 1 saturated heterocycles. The van der Waals surface area contributed by atoms with E-state index in [4.69, 9.17) is 11.6 Å². The number of halogens is 1. The molecule has 0 saturated carbocycles. The molecule has 18 heavy (non-hydrogen) atoms. The summed E-state index contributed by atoms with van der Waals surface area (Å²) in [6, 6.07) is 6.72. The van der Waals surface area contributed by atoms with Crippen LogP contribution in [0.2, 0.25) is 5.02 Å². The van der Waals surface area contributed by atoms with Crippen LogP contribution in [0.5, 0.6) is 0 Å². The maximum atomic E-state index is 6.05. The van der Waals surface area contributed by atoms with Crippen molar-refractivity contribution in [3.63, 3.8) is 0 Å². The van der Waals surface area contributed by atoms with Crippen LogP contribution in [0.15, 0.2) is 18.2 Å². The molecule has 2 nitrogen and oxygen atoms in total. The van der Waals surface area contributed by atoms with E-state index in [2.05, 4.69) is 50.2 Å². The predicted octanol–water partition coefficient (Wildman–Crippen LogP) is 3.62. The summed E-state index contributed by atoms with van der Waals surface area (Å²) in [5, 5.41) is 4.27. The number of nitrogens with zero attached hydrogens (tertiary/aromatic N) is 1. The Morgan fingerprint density at radius 2 is 2.11 bits per heavy atom. The van der Waals surface area contributed by atoms with Gasteiger partial charge >= 0.3 is 0 Å². The number of likely N-dealkylation sites (N-methyl/N-ethyl adjacent to an activating group) is 1. The van der Waals surface area contributed by atoms with E-state index in [0.717, 1.165) is 11.6 Å². The van der Waals surface area contributed by atoms with Gasteiger partial charge in [0.2, 0.25) is 0 Å². The van der Waals surface area contributed by atoms with Gasteiger partial charge in [-0.15, -0.1) is 0 Å². The Labute approximate surface area is 115 Å². The first-order valence-corrected chi connectivity index (χ1v) is 7.05. The zero-order valence-corrected chi connectivity index (χ0v) is 12.5. The Hall–Kier alpha value is -0.730. The van der Waals surface area contributed by atoms with Crippen LogP contribution >= 0.6 is 11.6 Å². The van der Waals surface area contributed by atoms with Crippen LogP contribution < -0.4 is 10.2 Å². The van der Waals surface area contributed by atoms with Gasteiger partial charge in [-0.2, -0.15) is 0 Å². The number of nitrogens with one attached hydrogen (secondary N) is 1. The Bertz CT molecular complexity index is 429. The van der Waals surface area contributed by atoms with Crippen molar-refractivity contribution in [3.8, 4) is 0 Å². The molecule has 1 heterocycles. The summed E-state index contributed by atoms with van der Waals surface area (Å²) in [4.78, 5) is 2.52. The van der Waals surface area contributed by atoms with Gasteiger partial charge in [-0.1, -0.05) is 11.6 Å². The lowest BCUT2D eigenvalue weighted by atomic mass is 9.84. The van der Waals surface area contributed by atoms with Gasteiger partial charge in [0.25, 0.3) is 0 Å². The zero-order chi connectivity index (χ0) is 13.3. The molecule has 1 N–H and O–H groups in total. The molecule has 1 atom stereocenters. The van der Waals surface area contributed by atoms with Crippen LogP contribution in [0.1, 0.15) is 32.3 Å². The van der Waals surface area contributed by atoms with Crippen molar-refractivity contribution in [2.24, 2.45) is 0 Å². The van der Waals surface area contributed by atoms with Crippen molar-refractivity contribution >= 4 is 17.3 Å². The number of piperidine rings is 1. The van der Waals surface area contributed by atoms with Crippen molar-refractivity contribution < 1.29 is 0 Å². The summed E-state index contributed by atoms with van der Waals surface area (Å²) in [6.07, 6.45) is 2.48. The van der Waals surface area contributed by atoms with Gasteiger partial charge in [0, 0.05) is 28.8 Å². The quantitative estimate of drug-likeness (QED) is 0.880. The second kappa shape index (κ2) is 5.10. The largest absolute Gasteiger partial charge is 0.365 e. The van der Waals surface area contributed by atoms with Crippen LogP contribution in [-0.4, -0.2) is 25.2 Å². The predicted molar refractivity (Wildman–Crippen MR) is 79.7 cm³/mol. The average Bonchev–Trinajstić information content (AvgIpc) is 2.29. The van der Waals surface area contributed by atoms with E-state index < -0.39 is 0 Å². The lowest BCUT2D eigenvalue weighted by molar-refractivity contribution is 0.275. The van der Waals surface area contributed by atoms with Crippen molar-refractivity contribution in [1.82, 2.24) is 5.32 Å². The van der Waals surface area contributed by atoms with E-state index in [9.17, 15) is 0 Å². The first-order chi connectivity index (χ1) is 8.46. The highest BCUT2D eigenvalue weighted by Gasteiger charge is 2.38. The molecule has 1 aliphatic rings. The molecule has 2 rings (SSSR count). The monoisotopic (exact) mass is 266 g/mol. The minimum absolute atomic E-state index is 0.131. The van der Waals surface area contributed by atoms with E-state index in [1.165, 1.54) is 24.1 Å². The van der Waals surface area contributed by atoms with E-state index in [-0.39, 0.29) is 5.54 Å². The second-order valence-corrected chi connectivity index (χ2v) is 6.16. The Balaban J connectivity index is 2.36. The molecule has 1 fully saturated rings. The van der Waals surface area contributed by atoms with E-state index in [1.807, 2.05) is 6.07 Å². The van der Waals surface area contributed by atoms with Crippen LogP contribution in [0.4, 0.5) is 5.69 Å². The van der Waals surface area contributed by atoms with Crippen LogP contribution in [0, 0.1) is 6.92 Å². The standard InChI is InChI=1S/C15H23ClN2/c1-11-10-12(16)7-8-13(11)18-9-5-6-14(17-4)15(18,2)3/h7-8,10,14,17H,5-6,9H2,1-4H3. The van der Waals surface area contributed by atoms with Gasteiger partial charge in [0.15, 0.2) is 0 Å². The minimum Gasteiger partial charge on any atom is -0.365 e. The lowest BCUT2D eigenvalue weighted by Crippen LogP contribution is -2.60. The SMILES string of the molecule is CNC1CCCN(c2ccc(Cl)cc2C)C1(C)C. The highest BCUT2D eigenvalue weighted by atomic mass is 35.5. The summed E-state index contributed by atoms with van der Waals surface area (Å²) in [7, 11) is 2.06. The molecule has 0 amide bonds. The van der Waals surface area contributed by atoms with Gasteiger partial charge in [-0.05, 0) is 64.4 Å². The smallest absolute Gasteiger partial charge is 0.0498 e. The Morgan fingerprint density at radius 1 is 1.39 bits per heavy atom. The Kier molecular flexibility index (Phi) is 3.88. The maximum absolute atomic E-state index is 6.05. The molecule has 0 aromatic heterocycles. The highest BCUT2D eigenvalue weighted by molar-refractivity contribution is 6.30. The second-order valence-electron chi connectivity index (χ2n) is 5.72. The van der Waals surface area contributed by atoms with E-state index in [0.29, 0.717) is 6.04 Å². The summed E-state index contributed by atoms with van der Waals surface area (Å²) in [6.45, 7) is 7.90. The number of aryl methyl sites for hydroxylation is 1. The number of anilines is 1. The lowest BCUT2D eigenvalue weighted by Gasteiger charge is -2.50. The van der Waals surface area contributed by atoms with Gasteiger partial charge in [0.1, 0.15) is 0 Å². The molecule has 1 aromatic carbocycles. The number of rotatable bonds is 2. The fourth-order valence-corrected chi connectivity index (χ4v) is 3.36. The van der Waals surface area contributed by atoms with Crippen LogP contribution in [-0.2, 0) is 0 Å². The molecule has 0 bridgehead atoms. The highest BCUT2D eigenvalue weighted by Crippen LogP contribution is 2.35. The van der Waals surface area contributed by atoms with Crippen molar-refractivity contribution in [1.29, 1.82) is 0 Å². The summed E-state index contributed by atoms with van der Waals surface area (Å²) in [5.41, 5.74) is 2.70. The molecule has 0 spiro atoms. The molecule has 0 radical (unpaired) electrons. The number of hydrogen-bond donors (Lipinski definition) is 1. The molecule has 100 valence electrons. The zero-order valence-electron chi connectivity index (χ0n) is 11.8. The maximum Gasteiger partial charge on any atom is 0.0498 e. The Morgan fingerprint density at radius 3 is 2.72 bits per heavy atom. The molecule has 1 aliphatic heterocycles. The van der Waals surface area contributed by atoms with E-state index in [1.54, 1.807) is 0 Å². The first-order valence-electron chi connectivity index (χ1n) is 6.68. The van der Waals surface area contributed by atoms with Crippen molar-refractivity contribution in [2.75, 3.05) is 18.5 Å². The summed E-state index contributed by atoms with van der Waals surface area (Å²) in [5.74, 6) is 0. The molecule has 0 aliphatic carbocycles. The third-order valence-corrected chi connectivity index (χ3v) is 4.46. The van der Waals surface area contributed by atoms with Crippen LogP contribution in [0.3, 0.4) is 0 Å². The normalized spacial score (nSPS) is 23.2. The van der Waals surface area contributed by atoms with Crippen molar-refractivity contribution in [2.45, 2.75) is 45.2 Å². The molecular formula is C15H23ClN2. The molecular weight excluding hydrogens is 244 g/mol. The molecule has 1 unspecified atom stereocenters. The topological polar surface area (TPSA) is 15.3 Å². The number of benzene rings is 1. The van der Waals surface area contributed by atoms with Gasteiger partial charge in [-0.3, -0.25) is 0 Å². The fourth-order valence-electron chi connectivity index (χ4n) is 3.13. The third-order valence-electron chi connectivity index (χ3n) is 4.22. The van der Waals surface area contributed by atoms with Gasteiger partial charge in [0.05, 0.1) is 0 Å². The molecule has 3 heteroatoms. The third kappa shape index (κ3) is 2.36. The van der Waals surface area contributed by atoms with Crippen LogP contribution in [0.25, 0.3) is 0 Å². The number of hydrogen-bond acceptors (Lipinski definition) is 2. The fraction of sp³-hybridized carbons (Fsp3) is 0.600. The summed E-state index contributed by atoms with van der Waals surface area (Å²) >= 11 is 6.05. The van der Waals surface area contributed by atoms with Gasteiger partial charge in [-0.25, -0.2) is 0 Å². The average molecular weight is 267 g/mol. The minimum atomic E-state index is 0.131. The van der Waals surface area contributed by atoms with E-state index >= 15 is 0 Å². The summed E-state index contributed by atoms with van der Waals surface area (Å²) < 4.78 is 0.